The van der Waals surface area contributed by atoms with Crippen LogP contribution in [0.25, 0.3) is 0 Å². The highest BCUT2D eigenvalue weighted by molar-refractivity contribution is 7.48. The van der Waals surface area contributed by atoms with Gasteiger partial charge in [-0.15, -0.1) is 0 Å². The zero-order valence-corrected chi connectivity index (χ0v) is 18.0. The summed E-state index contributed by atoms with van der Waals surface area (Å²) in [6.07, 6.45) is 2.46. The number of carbonyl (C=O) groups is 1. The van der Waals surface area contributed by atoms with Crippen LogP contribution in [-0.4, -0.2) is 56.3 Å². The van der Waals surface area contributed by atoms with Crippen molar-refractivity contribution in [1.82, 2.24) is 0 Å². The standard InChI is InChI=1S/C18H29N2O8P/c1-20(2,3)13-15-27-29(25,26-14-7-5-4-6-8-18(21)22)28-17-11-9-16(10-12-17)19(23)24/h9-12H,4-8,13-15H2,1-3H3. The van der Waals surface area contributed by atoms with Gasteiger partial charge in [-0.3, -0.25) is 19.2 Å². The van der Waals surface area contributed by atoms with E-state index >= 15 is 0 Å². The number of rotatable bonds is 15. The third-order valence-electron chi connectivity index (χ3n) is 3.80. The van der Waals surface area contributed by atoms with Crippen molar-refractivity contribution in [3.05, 3.63) is 34.4 Å². The van der Waals surface area contributed by atoms with E-state index in [9.17, 15) is 24.6 Å². The SMILES string of the molecule is C[N+](C)(C)CCOP(=O)(OCCCCCCC(=O)[O-])Oc1ccc([N+](=O)[O-])cc1. The van der Waals surface area contributed by atoms with Gasteiger partial charge in [0.2, 0.25) is 0 Å². The van der Waals surface area contributed by atoms with Crippen LogP contribution in [0, 0.1) is 10.1 Å². The van der Waals surface area contributed by atoms with Crippen LogP contribution in [0.3, 0.4) is 0 Å². The fraction of sp³-hybridized carbons (Fsp3) is 0.611. The van der Waals surface area contributed by atoms with Crippen LogP contribution in [0.15, 0.2) is 24.3 Å². The minimum absolute atomic E-state index is 0.0107. The Morgan fingerprint density at radius 2 is 1.62 bits per heavy atom. The van der Waals surface area contributed by atoms with Crippen molar-refractivity contribution < 1.29 is 37.4 Å². The van der Waals surface area contributed by atoms with Gasteiger partial charge < -0.3 is 18.9 Å². The average Bonchev–Trinajstić information content (AvgIpc) is 2.60. The molecule has 0 amide bonds. The lowest BCUT2D eigenvalue weighted by Crippen LogP contribution is -2.37. The molecule has 0 radical (unpaired) electrons. The number of unbranched alkanes of at least 4 members (excludes halogenated alkanes) is 3. The Hall–Kier alpha value is -2.00. The van der Waals surface area contributed by atoms with Crippen LogP contribution in [0.4, 0.5) is 5.69 Å². The van der Waals surface area contributed by atoms with E-state index in [2.05, 4.69) is 0 Å². The topological polar surface area (TPSA) is 128 Å². The first-order valence-electron chi connectivity index (χ1n) is 9.34. The summed E-state index contributed by atoms with van der Waals surface area (Å²) >= 11 is 0. The average molecular weight is 432 g/mol. The van der Waals surface area contributed by atoms with E-state index in [-0.39, 0.29) is 31.1 Å². The van der Waals surface area contributed by atoms with E-state index in [4.69, 9.17) is 13.6 Å². The highest BCUT2D eigenvalue weighted by atomic mass is 31.2. The molecular weight excluding hydrogens is 403 g/mol. The second-order valence-corrected chi connectivity index (χ2v) is 9.10. The summed E-state index contributed by atoms with van der Waals surface area (Å²) in [4.78, 5) is 20.6. The molecule has 1 aromatic carbocycles. The van der Waals surface area contributed by atoms with Gasteiger partial charge in [-0.05, 0) is 31.4 Å². The fourth-order valence-electron chi connectivity index (χ4n) is 2.18. The van der Waals surface area contributed by atoms with E-state index in [1.54, 1.807) is 0 Å². The Bertz CT molecular complexity index is 703. The summed E-state index contributed by atoms with van der Waals surface area (Å²) in [6, 6.07) is 5.14. The summed E-state index contributed by atoms with van der Waals surface area (Å²) in [5, 5.41) is 21.1. The van der Waals surface area contributed by atoms with Crippen LogP contribution in [0.1, 0.15) is 32.1 Å². The Morgan fingerprint density at radius 1 is 1.03 bits per heavy atom. The normalized spacial score (nSPS) is 13.6. The number of likely N-dealkylation sites (N-methyl/N-ethyl adjacent to an activating group) is 1. The van der Waals surface area contributed by atoms with Crippen molar-refractivity contribution in [1.29, 1.82) is 0 Å². The molecule has 0 saturated carbocycles. The number of carbonyl (C=O) groups excluding carboxylic acids is 1. The number of non-ortho nitro benzene ring substituents is 1. The first-order valence-corrected chi connectivity index (χ1v) is 10.8. The maximum Gasteiger partial charge on any atom is 0.530 e. The maximum absolute atomic E-state index is 13.0. The highest BCUT2D eigenvalue weighted by Gasteiger charge is 2.29. The molecule has 0 bridgehead atoms. The summed E-state index contributed by atoms with van der Waals surface area (Å²) < 4.78 is 29.8. The number of phosphoric ester groups is 1. The number of hydrogen-bond donors (Lipinski definition) is 0. The quantitative estimate of drug-likeness (QED) is 0.136. The summed E-state index contributed by atoms with van der Waals surface area (Å²) in [5.41, 5.74) is -0.115. The van der Waals surface area contributed by atoms with E-state index in [0.717, 1.165) is 0 Å². The lowest BCUT2D eigenvalue weighted by Gasteiger charge is -2.25. The second-order valence-electron chi connectivity index (χ2n) is 7.51. The van der Waals surface area contributed by atoms with Crippen LogP contribution < -0.4 is 9.63 Å². The van der Waals surface area contributed by atoms with E-state index in [0.29, 0.717) is 36.7 Å². The van der Waals surface area contributed by atoms with Gasteiger partial charge in [-0.25, -0.2) is 4.57 Å². The fourth-order valence-corrected chi connectivity index (χ4v) is 3.39. The van der Waals surface area contributed by atoms with Gasteiger partial charge in [0.1, 0.15) is 18.9 Å². The van der Waals surface area contributed by atoms with Gasteiger partial charge >= 0.3 is 7.82 Å². The third-order valence-corrected chi connectivity index (χ3v) is 5.23. The van der Waals surface area contributed by atoms with Gasteiger partial charge in [-0.1, -0.05) is 12.8 Å². The zero-order valence-electron chi connectivity index (χ0n) is 17.1. The number of quaternary nitrogens is 1. The first-order chi connectivity index (χ1) is 13.5. The number of nitrogens with zero attached hydrogens (tertiary/aromatic N) is 2. The van der Waals surface area contributed by atoms with Crippen LogP contribution in [0.5, 0.6) is 5.75 Å². The predicted octanol–water partition coefficient (Wildman–Crippen LogP) is 2.52. The van der Waals surface area contributed by atoms with Gasteiger partial charge in [-0.2, -0.15) is 0 Å². The molecule has 164 valence electrons. The van der Waals surface area contributed by atoms with Gasteiger partial charge in [0.15, 0.2) is 0 Å². The maximum atomic E-state index is 13.0. The predicted molar refractivity (Wildman–Crippen MR) is 104 cm³/mol. The summed E-state index contributed by atoms with van der Waals surface area (Å²) in [5.74, 6) is -0.939. The molecule has 0 aromatic heterocycles. The Morgan fingerprint density at radius 3 is 2.17 bits per heavy atom. The van der Waals surface area contributed by atoms with Crippen LogP contribution >= 0.6 is 7.82 Å². The second kappa shape index (κ2) is 11.9. The first kappa shape index (κ1) is 25.0. The molecule has 0 aliphatic heterocycles. The molecule has 0 aliphatic rings. The third kappa shape index (κ3) is 11.6. The van der Waals surface area contributed by atoms with Crippen LogP contribution in [-0.2, 0) is 18.4 Å². The molecule has 0 fully saturated rings. The number of nitro groups is 1. The van der Waals surface area contributed by atoms with Gasteiger partial charge in [0.25, 0.3) is 5.69 Å². The summed E-state index contributed by atoms with van der Waals surface area (Å²) in [7, 11) is 1.95. The van der Waals surface area contributed by atoms with Crippen molar-refractivity contribution >= 4 is 19.5 Å². The Balaban J connectivity index is 2.61. The Labute approximate surface area is 170 Å². The molecule has 0 N–H and O–H groups in total. The van der Waals surface area contributed by atoms with Crippen molar-refractivity contribution in [2.45, 2.75) is 32.1 Å². The van der Waals surface area contributed by atoms with E-state index < -0.39 is 18.7 Å². The van der Waals surface area contributed by atoms with Crippen molar-refractivity contribution in [2.75, 3.05) is 40.9 Å². The minimum Gasteiger partial charge on any atom is -0.550 e. The lowest BCUT2D eigenvalue weighted by molar-refractivity contribution is -0.870. The summed E-state index contributed by atoms with van der Waals surface area (Å²) in [6.45, 7) is 0.819. The number of nitro benzene ring substituents is 1. The molecule has 1 aromatic rings. The smallest absolute Gasteiger partial charge is 0.530 e. The van der Waals surface area contributed by atoms with E-state index in [1.165, 1.54) is 24.3 Å². The molecule has 29 heavy (non-hydrogen) atoms. The lowest BCUT2D eigenvalue weighted by atomic mass is 10.1. The van der Waals surface area contributed by atoms with E-state index in [1.807, 2.05) is 21.1 Å². The number of phosphoric acid groups is 1. The molecule has 1 atom stereocenters. The molecule has 0 aliphatic carbocycles. The molecule has 10 nitrogen and oxygen atoms in total. The number of aliphatic carboxylic acids is 1. The molecule has 11 heteroatoms. The van der Waals surface area contributed by atoms with Crippen molar-refractivity contribution in [2.24, 2.45) is 0 Å². The minimum atomic E-state index is -3.92. The molecular formula is C18H29N2O8P. The largest absolute Gasteiger partial charge is 0.550 e. The molecule has 0 heterocycles. The van der Waals surface area contributed by atoms with Gasteiger partial charge in [0.05, 0.1) is 32.7 Å². The van der Waals surface area contributed by atoms with Crippen molar-refractivity contribution in [3.63, 3.8) is 0 Å². The molecule has 1 rings (SSSR count). The zero-order chi connectivity index (χ0) is 21.9. The number of hydrogen-bond acceptors (Lipinski definition) is 8. The molecule has 0 saturated heterocycles. The van der Waals surface area contributed by atoms with Crippen molar-refractivity contribution in [3.8, 4) is 5.75 Å². The Kier molecular flexibility index (Phi) is 10.2. The number of carboxylic acid groups (broad SMARTS) is 1. The molecule has 1 unspecified atom stereocenters. The number of benzene rings is 1. The monoisotopic (exact) mass is 432 g/mol. The number of carboxylic acids is 1. The van der Waals surface area contributed by atoms with Crippen LogP contribution in [0.2, 0.25) is 0 Å². The van der Waals surface area contributed by atoms with Gasteiger partial charge in [0, 0.05) is 18.1 Å². The highest BCUT2D eigenvalue weighted by Crippen LogP contribution is 2.49. The molecule has 0 spiro atoms.